The van der Waals surface area contributed by atoms with E-state index in [1.54, 1.807) is 0 Å². The van der Waals surface area contributed by atoms with Crippen LogP contribution in [0.5, 0.6) is 0 Å². The van der Waals surface area contributed by atoms with Gasteiger partial charge in [0, 0.05) is 6.04 Å². The van der Waals surface area contributed by atoms with Gasteiger partial charge in [0.1, 0.15) is 6.61 Å². The maximum absolute atomic E-state index is 6.00. The zero-order valence-electron chi connectivity index (χ0n) is 11.7. The van der Waals surface area contributed by atoms with Crippen molar-refractivity contribution in [1.82, 2.24) is 0 Å². The summed E-state index contributed by atoms with van der Waals surface area (Å²) in [6, 6.07) is 10.1. The fourth-order valence-electron chi connectivity index (χ4n) is 1.58. The molecule has 0 aliphatic rings. The van der Waals surface area contributed by atoms with Gasteiger partial charge in [-0.05, 0) is 24.3 Å². The van der Waals surface area contributed by atoms with Gasteiger partial charge >= 0.3 is 0 Å². The Hall–Kier alpha value is -1.06. The molecule has 3 nitrogen and oxygen atoms in total. The average Bonchev–Trinajstić information content (AvgIpc) is 2.43. The van der Waals surface area contributed by atoms with Gasteiger partial charge in [-0.25, -0.2) is 0 Å². The highest BCUT2D eigenvalue weighted by atomic mass is 35.5. The van der Waals surface area contributed by atoms with E-state index >= 15 is 0 Å². The Bertz CT molecular complexity index is 379. The third kappa shape index (κ3) is 6.60. The third-order valence-electron chi connectivity index (χ3n) is 3.04. The standard InChI is InChI=1S/C15H23ClN2O/c1-12(2)15(17)9-8-14(10-16)18-19-11-13-6-4-3-5-7-13/h3-7,12,15H,8-11,17H2,1-2H3. The molecule has 0 aliphatic carbocycles. The van der Waals surface area contributed by atoms with Crippen LogP contribution in [0.2, 0.25) is 0 Å². The number of hydrogen-bond acceptors (Lipinski definition) is 3. The molecule has 1 rings (SSSR count). The fourth-order valence-corrected chi connectivity index (χ4v) is 1.76. The van der Waals surface area contributed by atoms with Gasteiger partial charge in [-0.15, -0.1) is 11.6 Å². The maximum Gasteiger partial charge on any atom is 0.142 e. The summed E-state index contributed by atoms with van der Waals surface area (Å²) >= 11 is 5.86. The van der Waals surface area contributed by atoms with Crippen molar-refractivity contribution in [3.05, 3.63) is 35.9 Å². The lowest BCUT2D eigenvalue weighted by Gasteiger charge is -2.15. The minimum atomic E-state index is 0.183. The average molecular weight is 283 g/mol. The van der Waals surface area contributed by atoms with E-state index < -0.39 is 0 Å². The lowest BCUT2D eigenvalue weighted by Crippen LogP contribution is -2.27. The summed E-state index contributed by atoms with van der Waals surface area (Å²) in [7, 11) is 0. The summed E-state index contributed by atoms with van der Waals surface area (Å²) in [4.78, 5) is 5.33. The zero-order chi connectivity index (χ0) is 14.1. The van der Waals surface area contributed by atoms with E-state index in [0.717, 1.165) is 24.1 Å². The van der Waals surface area contributed by atoms with E-state index in [0.29, 0.717) is 18.4 Å². The Morgan fingerprint density at radius 1 is 1.32 bits per heavy atom. The predicted octanol–water partition coefficient (Wildman–Crippen LogP) is 3.56. The second kappa shape index (κ2) is 8.94. The van der Waals surface area contributed by atoms with E-state index in [1.807, 2.05) is 30.3 Å². The molecule has 0 spiro atoms. The molecule has 19 heavy (non-hydrogen) atoms. The molecule has 0 heterocycles. The Kier molecular flexibility index (Phi) is 7.53. The molecule has 1 atom stereocenters. The largest absolute Gasteiger partial charge is 0.391 e. The lowest BCUT2D eigenvalue weighted by molar-refractivity contribution is 0.129. The van der Waals surface area contributed by atoms with Crippen molar-refractivity contribution in [3.8, 4) is 0 Å². The van der Waals surface area contributed by atoms with E-state index in [2.05, 4.69) is 19.0 Å². The number of oxime groups is 1. The summed E-state index contributed by atoms with van der Waals surface area (Å²) in [5.74, 6) is 0.862. The molecule has 0 fully saturated rings. The Morgan fingerprint density at radius 2 is 2.00 bits per heavy atom. The Balaban J connectivity index is 2.36. The molecule has 0 amide bonds. The first kappa shape index (κ1) is 16.0. The van der Waals surface area contributed by atoms with Crippen molar-refractivity contribution >= 4 is 17.3 Å². The SMILES string of the molecule is CC(C)C(N)CCC(CCl)=NOCc1ccccc1. The number of nitrogens with two attached hydrogens (primary N) is 1. The number of hydrogen-bond donors (Lipinski definition) is 1. The molecule has 0 saturated heterocycles. The normalized spacial score (nSPS) is 13.6. The van der Waals surface area contributed by atoms with Crippen molar-refractivity contribution in [2.75, 3.05) is 5.88 Å². The Morgan fingerprint density at radius 3 is 2.58 bits per heavy atom. The molecule has 0 aromatic heterocycles. The second-order valence-electron chi connectivity index (χ2n) is 5.00. The van der Waals surface area contributed by atoms with Crippen LogP contribution in [0.25, 0.3) is 0 Å². The Labute approximate surface area is 120 Å². The van der Waals surface area contributed by atoms with E-state index in [4.69, 9.17) is 22.2 Å². The van der Waals surface area contributed by atoms with Crippen molar-refractivity contribution in [3.63, 3.8) is 0 Å². The molecule has 1 unspecified atom stereocenters. The van der Waals surface area contributed by atoms with Crippen LogP contribution in [0.3, 0.4) is 0 Å². The van der Waals surface area contributed by atoms with Gasteiger partial charge in [0.25, 0.3) is 0 Å². The third-order valence-corrected chi connectivity index (χ3v) is 3.35. The van der Waals surface area contributed by atoms with Gasteiger partial charge in [0.05, 0.1) is 11.6 Å². The number of alkyl halides is 1. The monoisotopic (exact) mass is 282 g/mol. The molecule has 4 heteroatoms. The minimum absolute atomic E-state index is 0.183. The van der Waals surface area contributed by atoms with Gasteiger partial charge in [-0.3, -0.25) is 0 Å². The van der Waals surface area contributed by atoms with Gasteiger partial charge in [-0.1, -0.05) is 49.3 Å². The molecule has 0 aliphatic heterocycles. The quantitative estimate of drug-likeness (QED) is 0.450. The van der Waals surface area contributed by atoms with Crippen LogP contribution in [-0.2, 0) is 11.4 Å². The summed E-state index contributed by atoms with van der Waals surface area (Å²) in [5, 5.41) is 4.10. The first-order chi connectivity index (χ1) is 9.13. The van der Waals surface area contributed by atoms with Crippen LogP contribution in [0.15, 0.2) is 35.5 Å². The summed E-state index contributed by atoms with van der Waals surface area (Å²) in [6.07, 6.45) is 1.68. The fraction of sp³-hybridized carbons (Fsp3) is 0.533. The molecule has 0 bridgehead atoms. The first-order valence-electron chi connectivity index (χ1n) is 6.66. The van der Waals surface area contributed by atoms with E-state index in [-0.39, 0.29) is 6.04 Å². The summed E-state index contributed by atoms with van der Waals surface area (Å²) in [6.45, 7) is 4.71. The van der Waals surface area contributed by atoms with Crippen LogP contribution in [0, 0.1) is 5.92 Å². The van der Waals surface area contributed by atoms with Crippen LogP contribution >= 0.6 is 11.6 Å². The molecular formula is C15H23ClN2O. The molecule has 0 radical (unpaired) electrons. The molecule has 1 aromatic rings. The van der Waals surface area contributed by atoms with Crippen molar-refractivity contribution in [1.29, 1.82) is 0 Å². The predicted molar refractivity (Wildman–Crippen MR) is 81.4 cm³/mol. The highest BCUT2D eigenvalue weighted by Gasteiger charge is 2.09. The van der Waals surface area contributed by atoms with Crippen molar-refractivity contribution in [2.45, 2.75) is 39.3 Å². The van der Waals surface area contributed by atoms with Crippen molar-refractivity contribution in [2.24, 2.45) is 16.8 Å². The lowest BCUT2D eigenvalue weighted by atomic mass is 9.99. The molecule has 106 valence electrons. The van der Waals surface area contributed by atoms with Gasteiger partial charge in [-0.2, -0.15) is 0 Å². The highest BCUT2D eigenvalue weighted by Crippen LogP contribution is 2.08. The maximum atomic E-state index is 6.00. The van der Waals surface area contributed by atoms with Gasteiger partial charge < -0.3 is 10.6 Å². The van der Waals surface area contributed by atoms with Crippen LogP contribution in [0.4, 0.5) is 0 Å². The summed E-state index contributed by atoms with van der Waals surface area (Å²) < 4.78 is 0. The molecule has 1 aromatic carbocycles. The van der Waals surface area contributed by atoms with E-state index in [1.165, 1.54) is 0 Å². The van der Waals surface area contributed by atoms with Crippen LogP contribution < -0.4 is 5.73 Å². The van der Waals surface area contributed by atoms with E-state index in [9.17, 15) is 0 Å². The molecule has 0 saturated carbocycles. The highest BCUT2D eigenvalue weighted by molar-refractivity contribution is 6.28. The molecule has 2 N–H and O–H groups in total. The smallest absolute Gasteiger partial charge is 0.142 e. The van der Waals surface area contributed by atoms with Crippen LogP contribution in [-0.4, -0.2) is 17.6 Å². The second-order valence-corrected chi connectivity index (χ2v) is 5.26. The van der Waals surface area contributed by atoms with Crippen LogP contribution in [0.1, 0.15) is 32.3 Å². The van der Waals surface area contributed by atoms with Gasteiger partial charge in [0.2, 0.25) is 0 Å². The van der Waals surface area contributed by atoms with Gasteiger partial charge in [0.15, 0.2) is 0 Å². The zero-order valence-corrected chi connectivity index (χ0v) is 12.4. The number of benzene rings is 1. The number of rotatable bonds is 8. The van der Waals surface area contributed by atoms with Crippen molar-refractivity contribution < 1.29 is 4.84 Å². The first-order valence-corrected chi connectivity index (χ1v) is 7.20. The molecular weight excluding hydrogens is 260 g/mol. The number of halogens is 1. The number of nitrogens with zero attached hydrogens (tertiary/aromatic N) is 1. The summed E-state index contributed by atoms with van der Waals surface area (Å²) in [5.41, 5.74) is 7.95. The topological polar surface area (TPSA) is 47.6 Å². The minimum Gasteiger partial charge on any atom is -0.391 e.